The third kappa shape index (κ3) is 3.96. The smallest absolute Gasteiger partial charge is 0.416 e. The van der Waals surface area contributed by atoms with Gasteiger partial charge >= 0.3 is 6.18 Å². The lowest BCUT2D eigenvalue weighted by molar-refractivity contribution is -0.137. The zero-order valence-corrected chi connectivity index (χ0v) is 13.0. The van der Waals surface area contributed by atoms with Gasteiger partial charge in [0.1, 0.15) is 5.75 Å². The molecule has 2 aromatic rings. The van der Waals surface area contributed by atoms with Crippen molar-refractivity contribution in [3.05, 3.63) is 58.1 Å². The molecule has 0 aliphatic rings. The van der Waals surface area contributed by atoms with E-state index in [2.05, 4.69) is 5.32 Å². The van der Waals surface area contributed by atoms with E-state index in [0.717, 1.165) is 29.8 Å². The maximum Gasteiger partial charge on any atom is 0.416 e. The molecule has 0 aliphatic heterocycles. The molecule has 2 aromatic carbocycles. The van der Waals surface area contributed by atoms with Crippen molar-refractivity contribution in [2.75, 3.05) is 12.4 Å². The molecule has 0 atom stereocenters. The number of amides is 1. The highest BCUT2D eigenvalue weighted by molar-refractivity contribution is 6.31. The molecule has 2 rings (SSSR count). The Balaban J connectivity index is 2.24. The molecule has 0 aromatic heterocycles. The van der Waals surface area contributed by atoms with E-state index in [1.165, 1.54) is 7.11 Å². The normalized spacial score (nSPS) is 11.2. The molecular weight excluding hydrogens is 331 g/mol. The number of hydrogen-bond donors (Lipinski definition) is 1. The minimum Gasteiger partial charge on any atom is -0.495 e. The van der Waals surface area contributed by atoms with Crippen LogP contribution in [0.15, 0.2) is 36.4 Å². The van der Waals surface area contributed by atoms with Crippen LogP contribution < -0.4 is 10.1 Å². The monoisotopic (exact) mass is 343 g/mol. The fourth-order valence-electron chi connectivity index (χ4n) is 1.93. The van der Waals surface area contributed by atoms with Gasteiger partial charge in [-0.25, -0.2) is 0 Å². The standard InChI is InChI=1S/C16H13ClF3NO2/c1-9-7-13(14(23-2)8-12(9)17)21-15(22)10-3-5-11(6-4-10)16(18,19)20/h3-8H,1-2H3,(H,21,22). The molecule has 0 saturated carbocycles. The quantitative estimate of drug-likeness (QED) is 0.858. The van der Waals surface area contributed by atoms with Crippen LogP contribution in [0, 0.1) is 6.92 Å². The second kappa shape index (κ2) is 6.50. The summed E-state index contributed by atoms with van der Waals surface area (Å²) in [6.07, 6.45) is -4.44. The number of methoxy groups -OCH3 is 1. The summed E-state index contributed by atoms with van der Waals surface area (Å²) in [5.41, 5.74) is 0.413. The minimum absolute atomic E-state index is 0.104. The van der Waals surface area contributed by atoms with Crippen LogP contribution in [0.25, 0.3) is 0 Å². The van der Waals surface area contributed by atoms with Crippen LogP contribution in [0.2, 0.25) is 5.02 Å². The molecule has 0 aliphatic carbocycles. The van der Waals surface area contributed by atoms with Gasteiger partial charge in [0.15, 0.2) is 0 Å². The Morgan fingerprint density at radius 2 is 1.78 bits per heavy atom. The number of benzene rings is 2. The van der Waals surface area contributed by atoms with Gasteiger partial charge in [0.2, 0.25) is 0 Å². The number of anilines is 1. The fourth-order valence-corrected chi connectivity index (χ4v) is 2.09. The van der Waals surface area contributed by atoms with Gasteiger partial charge in [-0.1, -0.05) is 11.6 Å². The highest BCUT2D eigenvalue weighted by Crippen LogP contribution is 2.32. The highest BCUT2D eigenvalue weighted by Gasteiger charge is 2.30. The van der Waals surface area contributed by atoms with Crippen LogP contribution in [0.5, 0.6) is 5.75 Å². The summed E-state index contributed by atoms with van der Waals surface area (Å²) in [5.74, 6) is -0.181. The largest absolute Gasteiger partial charge is 0.495 e. The van der Waals surface area contributed by atoms with Crippen LogP contribution in [0.3, 0.4) is 0 Å². The SMILES string of the molecule is COc1cc(Cl)c(C)cc1NC(=O)c1ccc(C(F)(F)F)cc1. The van der Waals surface area contributed by atoms with Gasteiger partial charge in [0.25, 0.3) is 5.91 Å². The Bertz CT molecular complexity index is 727. The third-order valence-corrected chi connectivity index (χ3v) is 3.61. The van der Waals surface area contributed by atoms with Crippen LogP contribution in [0.1, 0.15) is 21.5 Å². The van der Waals surface area contributed by atoms with E-state index < -0.39 is 17.6 Å². The Morgan fingerprint density at radius 3 is 2.30 bits per heavy atom. The molecule has 0 heterocycles. The van der Waals surface area contributed by atoms with Gasteiger partial charge in [-0.15, -0.1) is 0 Å². The minimum atomic E-state index is -4.44. The second-order valence-corrected chi connectivity index (χ2v) is 5.24. The molecule has 0 unspecified atom stereocenters. The number of carbonyl (C=O) groups is 1. The number of alkyl halides is 3. The van der Waals surface area contributed by atoms with Crippen molar-refractivity contribution < 1.29 is 22.7 Å². The number of rotatable bonds is 3. The van der Waals surface area contributed by atoms with Gasteiger partial charge in [-0.05, 0) is 42.8 Å². The molecule has 0 radical (unpaired) electrons. The van der Waals surface area contributed by atoms with Crippen molar-refractivity contribution >= 4 is 23.2 Å². The Hall–Kier alpha value is -2.21. The van der Waals surface area contributed by atoms with Crippen LogP contribution in [0.4, 0.5) is 18.9 Å². The number of nitrogens with one attached hydrogen (secondary N) is 1. The van der Waals surface area contributed by atoms with Crippen molar-refractivity contribution in [2.24, 2.45) is 0 Å². The van der Waals surface area contributed by atoms with E-state index in [9.17, 15) is 18.0 Å². The van der Waals surface area contributed by atoms with E-state index in [1.54, 1.807) is 19.1 Å². The Labute approximate surface area is 136 Å². The molecule has 0 fully saturated rings. The first-order valence-corrected chi connectivity index (χ1v) is 6.93. The molecule has 23 heavy (non-hydrogen) atoms. The number of aryl methyl sites for hydroxylation is 1. The molecule has 7 heteroatoms. The van der Waals surface area contributed by atoms with Gasteiger partial charge in [-0.3, -0.25) is 4.79 Å². The van der Waals surface area contributed by atoms with Crippen molar-refractivity contribution in [3.63, 3.8) is 0 Å². The number of hydrogen-bond acceptors (Lipinski definition) is 2. The van der Waals surface area contributed by atoms with Gasteiger partial charge in [0.05, 0.1) is 18.4 Å². The first-order valence-electron chi connectivity index (χ1n) is 6.55. The Morgan fingerprint density at radius 1 is 1.17 bits per heavy atom. The van der Waals surface area contributed by atoms with Gasteiger partial charge < -0.3 is 10.1 Å². The van der Waals surface area contributed by atoms with Crippen LogP contribution >= 0.6 is 11.6 Å². The molecule has 3 nitrogen and oxygen atoms in total. The first kappa shape index (κ1) is 17.1. The van der Waals surface area contributed by atoms with Gasteiger partial charge in [-0.2, -0.15) is 13.2 Å². The summed E-state index contributed by atoms with van der Waals surface area (Å²) in [5, 5.41) is 3.08. The van der Waals surface area contributed by atoms with Crippen molar-refractivity contribution in [1.82, 2.24) is 0 Å². The van der Waals surface area contributed by atoms with E-state index in [-0.39, 0.29) is 5.56 Å². The number of carbonyl (C=O) groups excluding carboxylic acids is 1. The summed E-state index contributed by atoms with van der Waals surface area (Å²) < 4.78 is 42.7. The first-order chi connectivity index (χ1) is 10.7. The average molecular weight is 344 g/mol. The second-order valence-electron chi connectivity index (χ2n) is 4.83. The average Bonchev–Trinajstić information content (AvgIpc) is 2.50. The van der Waals surface area contributed by atoms with Crippen molar-refractivity contribution in [2.45, 2.75) is 13.1 Å². The fraction of sp³-hybridized carbons (Fsp3) is 0.188. The van der Waals surface area contributed by atoms with E-state index >= 15 is 0 Å². The summed E-state index contributed by atoms with van der Waals surface area (Å²) >= 11 is 5.98. The number of ether oxygens (including phenoxy) is 1. The summed E-state index contributed by atoms with van der Waals surface area (Å²) in [4.78, 5) is 12.2. The molecule has 1 amide bonds. The molecule has 0 spiro atoms. The zero-order chi connectivity index (χ0) is 17.2. The van der Waals surface area contributed by atoms with Crippen LogP contribution in [-0.2, 0) is 6.18 Å². The van der Waals surface area contributed by atoms with E-state index in [1.807, 2.05) is 0 Å². The maximum atomic E-state index is 12.5. The van der Waals surface area contributed by atoms with E-state index in [0.29, 0.717) is 16.5 Å². The van der Waals surface area contributed by atoms with Crippen LogP contribution in [-0.4, -0.2) is 13.0 Å². The zero-order valence-electron chi connectivity index (χ0n) is 12.3. The molecule has 122 valence electrons. The van der Waals surface area contributed by atoms with Crippen molar-refractivity contribution in [3.8, 4) is 5.75 Å². The highest BCUT2D eigenvalue weighted by atomic mass is 35.5. The summed E-state index contributed by atoms with van der Waals surface area (Å²) in [6.45, 7) is 1.76. The maximum absolute atomic E-state index is 12.5. The third-order valence-electron chi connectivity index (χ3n) is 3.20. The molecule has 0 saturated heterocycles. The summed E-state index contributed by atoms with van der Waals surface area (Å²) in [6, 6.07) is 7.14. The van der Waals surface area contributed by atoms with Crippen molar-refractivity contribution in [1.29, 1.82) is 0 Å². The lowest BCUT2D eigenvalue weighted by atomic mass is 10.1. The molecular formula is C16H13ClF3NO2. The summed E-state index contributed by atoms with van der Waals surface area (Å²) in [7, 11) is 1.43. The predicted molar refractivity (Wildman–Crippen MR) is 82.1 cm³/mol. The van der Waals surface area contributed by atoms with E-state index in [4.69, 9.17) is 16.3 Å². The molecule has 1 N–H and O–H groups in total. The van der Waals surface area contributed by atoms with Gasteiger partial charge in [0, 0.05) is 16.7 Å². The predicted octanol–water partition coefficient (Wildman–Crippen LogP) is 4.93. The lowest BCUT2D eigenvalue weighted by Crippen LogP contribution is -2.13. The lowest BCUT2D eigenvalue weighted by Gasteiger charge is -2.13. The Kier molecular flexibility index (Phi) is 4.85. The number of halogens is 4. The molecule has 0 bridgehead atoms. The topological polar surface area (TPSA) is 38.3 Å².